The number of rotatable bonds is 4. The Hall–Kier alpha value is -2.98. The Kier molecular flexibility index (Phi) is 4.79. The van der Waals surface area contributed by atoms with E-state index in [1.165, 1.54) is 18.2 Å². The molecule has 0 radical (unpaired) electrons. The molecule has 0 aliphatic heterocycles. The Balaban J connectivity index is 1.92. The van der Waals surface area contributed by atoms with E-state index in [0.29, 0.717) is 6.54 Å². The van der Waals surface area contributed by atoms with E-state index in [1.54, 1.807) is 0 Å². The maximum Gasteiger partial charge on any atom is 0.360 e. The predicted molar refractivity (Wildman–Crippen MR) is 78.9 cm³/mol. The number of phenols is 1. The van der Waals surface area contributed by atoms with Crippen LogP contribution in [0.3, 0.4) is 0 Å². The molecule has 0 saturated carbocycles. The first-order valence-electron chi connectivity index (χ1n) is 6.41. The Morgan fingerprint density at radius 2 is 1.95 bits per heavy atom. The second-order valence-electron chi connectivity index (χ2n) is 4.37. The van der Waals surface area contributed by atoms with Crippen molar-refractivity contribution in [2.45, 2.75) is 6.42 Å². The molecule has 0 bridgehead atoms. The molecule has 0 aliphatic carbocycles. The highest BCUT2D eigenvalue weighted by atomic mass is 16.3. The minimum Gasteiger partial charge on any atom is -0.506 e. The van der Waals surface area contributed by atoms with Gasteiger partial charge < -0.3 is 10.8 Å². The highest BCUT2D eigenvalue weighted by Crippen LogP contribution is 2.20. The third kappa shape index (κ3) is 4.26. The number of hydrogen-bond acceptors (Lipinski definition) is 4. The van der Waals surface area contributed by atoms with Crippen LogP contribution >= 0.6 is 0 Å². The van der Waals surface area contributed by atoms with Crippen molar-refractivity contribution in [2.75, 3.05) is 12.3 Å². The second kappa shape index (κ2) is 6.98. The molecule has 0 fully saturated rings. The molecule has 0 atom stereocenters. The average molecular weight is 283 g/mol. The standard InChI is InChI=1S/C15H14N4O2/c16-13-7-6-12(10-14(13)20)15(21)18-19-17-9-8-11-4-2-1-3-5-11/h1-7,10,16H,8-9H2,(H,17,18,21)/p+1. The summed E-state index contributed by atoms with van der Waals surface area (Å²) in [4.78, 5) is 15.2. The lowest BCUT2D eigenvalue weighted by molar-refractivity contribution is 0.0992. The molecule has 0 spiro atoms. The Morgan fingerprint density at radius 1 is 1.19 bits per heavy atom. The third-order valence-electron chi connectivity index (χ3n) is 2.82. The normalized spacial score (nSPS) is 9.71. The fraction of sp³-hybridized carbons (Fsp3) is 0.133. The first-order valence-corrected chi connectivity index (χ1v) is 6.41. The van der Waals surface area contributed by atoms with E-state index in [9.17, 15) is 9.90 Å². The van der Waals surface area contributed by atoms with Gasteiger partial charge in [-0.15, -0.1) is 0 Å². The molecule has 6 nitrogen and oxygen atoms in total. The number of phenolic OH excluding ortho intramolecular Hbond substituents is 1. The molecule has 0 unspecified atom stereocenters. The van der Waals surface area contributed by atoms with E-state index in [4.69, 9.17) is 5.73 Å². The van der Waals surface area contributed by atoms with Gasteiger partial charge in [-0.05, 0) is 30.2 Å². The highest BCUT2D eigenvalue weighted by molar-refractivity contribution is 5.95. The Bertz CT molecular complexity index is 692. The van der Waals surface area contributed by atoms with Gasteiger partial charge in [-0.1, -0.05) is 30.3 Å². The Morgan fingerprint density at radius 3 is 2.67 bits per heavy atom. The Labute approximate surface area is 121 Å². The van der Waals surface area contributed by atoms with Crippen LogP contribution in [-0.2, 0) is 6.42 Å². The number of anilines is 1. The highest BCUT2D eigenvalue weighted by Gasteiger charge is 2.11. The van der Waals surface area contributed by atoms with Crippen LogP contribution in [0.5, 0.6) is 5.75 Å². The zero-order valence-corrected chi connectivity index (χ0v) is 11.3. The number of amides is 1. The van der Waals surface area contributed by atoms with Crippen LogP contribution in [0, 0.1) is 0 Å². The first-order chi connectivity index (χ1) is 10.2. The van der Waals surface area contributed by atoms with Gasteiger partial charge in [-0.2, -0.15) is 0 Å². The summed E-state index contributed by atoms with van der Waals surface area (Å²) >= 11 is 0. The average Bonchev–Trinajstić information content (AvgIpc) is 2.50. The van der Waals surface area contributed by atoms with Gasteiger partial charge in [0.25, 0.3) is 0 Å². The number of aromatic hydroxyl groups is 1. The smallest absolute Gasteiger partial charge is 0.360 e. The van der Waals surface area contributed by atoms with Crippen molar-refractivity contribution in [1.29, 1.82) is 0 Å². The maximum absolute atomic E-state index is 11.7. The molecule has 0 heterocycles. The molecule has 0 saturated heterocycles. The van der Waals surface area contributed by atoms with Gasteiger partial charge in [0.15, 0.2) is 0 Å². The predicted octanol–water partition coefficient (Wildman–Crippen LogP) is 2.33. The lowest BCUT2D eigenvalue weighted by Gasteiger charge is -1.97. The molecule has 2 aromatic carbocycles. The van der Waals surface area contributed by atoms with Crippen molar-refractivity contribution >= 4 is 11.6 Å². The maximum atomic E-state index is 11.7. The number of nitrogen functional groups attached to an aromatic ring is 1. The van der Waals surface area contributed by atoms with Crippen molar-refractivity contribution < 1.29 is 9.90 Å². The monoisotopic (exact) mass is 283 g/mol. The molecule has 6 heteroatoms. The first kappa shape index (κ1) is 14.4. The summed E-state index contributed by atoms with van der Waals surface area (Å²) in [5.41, 5.74) is 7.01. The van der Waals surface area contributed by atoms with E-state index >= 15 is 0 Å². The molecule has 1 amide bonds. The van der Waals surface area contributed by atoms with Gasteiger partial charge in [0.1, 0.15) is 17.4 Å². The van der Waals surface area contributed by atoms with E-state index in [-0.39, 0.29) is 17.0 Å². The molecule has 2 aromatic rings. The van der Waals surface area contributed by atoms with Gasteiger partial charge in [-0.25, -0.2) is 0 Å². The van der Waals surface area contributed by atoms with Crippen molar-refractivity contribution in [2.24, 2.45) is 10.2 Å². The van der Waals surface area contributed by atoms with E-state index in [2.05, 4.69) is 15.1 Å². The summed E-state index contributed by atoms with van der Waals surface area (Å²) in [6, 6.07) is 14.0. The van der Waals surface area contributed by atoms with Crippen LogP contribution in [0.15, 0.2) is 58.8 Å². The third-order valence-corrected chi connectivity index (χ3v) is 2.82. The summed E-state index contributed by atoms with van der Waals surface area (Å²) in [5, 5.41) is 16.7. The quantitative estimate of drug-likeness (QED) is 0.389. The summed E-state index contributed by atoms with van der Waals surface area (Å²) in [7, 11) is 0. The van der Waals surface area contributed by atoms with Crippen LogP contribution in [0.1, 0.15) is 15.9 Å². The number of hydrogen-bond donors (Lipinski definition) is 2. The molecular formula is C15H15N4O2+. The lowest BCUT2D eigenvalue weighted by Crippen LogP contribution is -1.96. The van der Waals surface area contributed by atoms with Gasteiger partial charge >= 0.3 is 5.91 Å². The van der Waals surface area contributed by atoms with Crippen molar-refractivity contribution in [3.8, 4) is 5.75 Å². The number of carbonyl (C=O) groups is 1. The summed E-state index contributed by atoms with van der Waals surface area (Å²) in [5.74, 6) is -0.731. The van der Waals surface area contributed by atoms with Gasteiger partial charge in [0.2, 0.25) is 10.0 Å². The number of nitrogens with zero attached hydrogens (tertiary/aromatic N) is 3. The minimum atomic E-state index is -0.575. The van der Waals surface area contributed by atoms with Gasteiger partial charge in [-0.3, -0.25) is 4.79 Å². The lowest BCUT2D eigenvalue weighted by atomic mass is 10.2. The minimum absolute atomic E-state index is 0.155. The van der Waals surface area contributed by atoms with E-state index in [0.717, 1.165) is 12.0 Å². The van der Waals surface area contributed by atoms with E-state index < -0.39 is 5.91 Å². The number of carbonyl (C=O) groups excluding carboxylic acids is 1. The zero-order valence-electron chi connectivity index (χ0n) is 11.3. The number of benzene rings is 2. The largest absolute Gasteiger partial charge is 0.506 e. The van der Waals surface area contributed by atoms with E-state index in [1.807, 2.05) is 30.3 Å². The number of nitrogens with two attached hydrogens (primary N) is 1. The fourth-order valence-corrected chi connectivity index (χ4v) is 1.68. The summed E-state index contributed by atoms with van der Waals surface area (Å²) in [6.07, 6.45) is 0.733. The molecule has 0 aliphatic rings. The van der Waals surface area contributed by atoms with Crippen LogP contribution in [0.4, 0.5) is 5.69 Å². The SMILES string of the molecule is Nc1ccc(C(=O)N=[N+]=NCCc2ccccc2)cc1O. The van der Waals surface area contributed by atoms with Gasteiger partial charge in [0.05, 0.1) is 11.3 Å². The van der Waals surface area contributed by atoms with Gasteiger partial charge in [0, 0.05) is 0 Å². The zero-order chi connectivity index (χ0) is 15.1. The van der Waals surface area contributed by atoms with Crippen molar-refractivity contribution in [1.82, 2.24) is 4.91 Å². The van der Waals surface area contributed by atoms with Crippen LogP contribution in [0.2, 0.25) is 0 Å². The van der Waals surface area contributed by atoms with Crippen LogP contribution in [-0.4, -0.2) is 17.6 Å². The second-order valence-corrected chi connectivity index (χ2v) is 4.37. The molecule has 0 aromatic heterocycles. The summed E-state index contributed by atoms with van der Waals surface area (Å²) in [6.45, 7) is 0.452. The van der Waals surface area contributed by atoms with Crippen molar-refractivity contribution in [3.05, 3.63) is 59.7 Å². The molecule has 2 rings (SSSR count). The summed E-state index contributed by atoms with van der Waals surface area (Å²) < 4.78 is 0. The molecule has 106 valence electrons. The van der Waals surface area contributed by atoms with Crippen LogP contribution < -0.4 is 10.6 Å². The molecule has 21 heavy (non-hydrogen) atoms. The molecular weight excluding hydrogens is 268 g/mol. The topological polar surface area (TPSA) is 102 Å². The molecule has 3 N–H and O–H groups in total. The van der Waals surface area contributed by atoms with Crippen molar-refractivity contribution in [3.63, 3.8) is 0 Å². The fourth-order valence-electron chi connectivity index (χ4n) is 1.68. The van der Waals surface area contributed by atoms with Crippen LogP contribution in [0.25, 0.3) is 0 Å².